The molecule has 1 aliphatic carbocycles. The maximum Gasteiger partial charge on any atom is 0.247 e. The molecule has 1 heterocycles. The van der Waals surface area contributed by atoms with Crippen molar-refractivity contribution in [1.82, 2.24) is 9.80 Å². The van der Waals surface area contributed by atoms with E-state index in [9.17, 15) is 9.59 Å². The van der Waals surface area contributed by atoms with Crippen molar-refractivity contribution in [3.8, 4) is 12.3 Å². The molecule has 2 aliphatic rings. The second-order valence-corrected chi connectivity index (χ2v) is 10.8. The van der Waals surface area contributed by atoms with E-state index in [0.717, 1.165) is 29.7 Å². The summed E-state index contributed by atoms with van der Waals surface area (Å²) < 4.78 is 0. The van der Waals surface area contributed by atoms with Gasteiger partial charge in [0.1, 0.15) is 6.04 Å². The van der Waals surface area contributed by atoms with Gasteiger partial charge in [-0.2, -0.15) is 10.2 Å². The Morgan fingerprint density at radius 3 is 2.29 bits per heavy atom. The van der Waals surface area contributed by atoms with Crippen LogP contribution in [0.3, 0.4) is 0 Å². The number of rotatable bonds is 13. The fourth-order valence-electron chi connectivity index (χ4n) is 4.83. The van der Waals surface area contributed by atoms with E-state index in [1.807, 2.05) is 51.0 Å². The number of likely N-dealkylation sites (N-methyl/N-ethyl adjacent to an activating group) is 1. The average Bonchev–Trinajstić information content (AvgIpc) is 3.71. The van der Waals surface area contributed by atoms with Crippen LogP contribution in [0.1, 0.15) is 63.5 Å². The zero-order valence-corrected chi connectivity index (χ0v) is 22.2. The normalized spacial score (nSPS) is 17.7. The average molecular weight is 480 g/mol. The minimum Gasteiger partial charge on any atom is -0.326 e. The first-order chi connectivity index (χ1) is 16.6. The molecule has 0 radical (unpaired) electrons. The van der Waals surface area contributed by atoms with Crippen molar-refractivity contribution in [3.05, 3.63) is 29.3 Å². The molecule has 3 rings (SSSR count). The predicted octanol–water partition coefficient (Wildman–Crippen LogP) is 4.79. The van der Waals surface area contributed by atoms with E-state index in [1.54, 1.807) is 0 Å². The van der Waals surface area contributed by atoms with Crippen molar-refractivity contribution in [3.63, 3.8) is 0 Å². The van der Waals surface area contributed by atoms with Gasteiger partial charge in [-0.15, -0.1) is 12.3 Å². The molecule has 0 aromatic heterocycles. The van der Waals surface area contributed by atoms with Gasteiger partial charge in [0.15, 0.2) is 5.66 Å². The van der Waals surface area contributed by atoms with Crippen molar-refractivity contribution in [2.45, 2.75) is 84.0 Å². The molecule has 7 heteroatoms. The van der Waals surface area contributed by atoms with E-state index in [4.69, 9.17) is 6.42 Å². The van der Waals surface area contributed by atoms with Crippen molar-refractivity contribution < 1.29 is 9.59 Å². The Balaban J connectivity index is 1.88. The molecule has 190 valence electrons. The van der Waals surface area contributed by atoms with Gasteiger partial charge >= 0.3 is 0 Å². The third-order valence-corrected chi connectivity index (χ3v) is 7.13. The second kappa shape index (κ2) is 11.3. The minimum atomic E-state index is -0.516. The summed E-state index contributed by atoms with van der Waals surface area (Å²) in [5.74, 6) is 2.92. The summed E-state index contributed by atoms with van der Waals surface area (Å²) in [5, 5.41) is 11.6. The van der Waals surface area contributed by atoms with Gasteiger partial charge in [0, 0.05) is 44.0 Å². The molecule has 0 saturated heterocycles. The lowest BCUT2D eigenvalue weighted by Crippen LogP contribution is -2.57. The van der Waals surface area contributed by atoms with E-state index in [0.29, 0.717) is 32.2 Å². The molecule has 2 amide bonds. The fraction of sp³-hybridized carbons (Fsp3) is 0.643. The van der Waals surface area contributed by atoms with Crippen LogP contribution in [0.2, 0.25) is 0 Å². The maximum absolute atomic E-state index is 13.9. The standard InChI is InChI=1S/C28H41N5O2/c1-8-9-16-28(30-31-28)17-15-24(34)33(23(19(2)3)18-32(6)7)26(22-13-14-22)27(35)29-25-20(4)11-10-12-21(25)5/h1,10-12,19,22-23,26H,9,13-18H2,2-7H3,(H,29,35). The van der Waals surface area contributed by atoms with E-state index in [1.165, 1.54) is 0 Å². The number of hydrogen-bond donors (Lipinski definition) is 1. The number of para-hydroxylation sites is 1. The van der Waals surface area contributed by atoms with Crippen molar-refractivity contribution in [2.24, 2.45) is 22.1 Å². The van der Waals surface area contributed by atoms with E-state index >= 15 is 0 Å². The third-order valence-electron chi connectivity index (χ3n) is 7.13. The highest BCUT2D eigenvalue weighted by molar-refractivity contribution is 5.98. The maximum atomic E-state index is 13.9. The smallest absolute Gasteiger partial charge is 0.247 e. The molecule has 1 aromatic rings. The fourth-order valence-corrected chi connectivity index (χ4v) is 4.83. The molecule has 0 spiro atoms. The zero-order chi connectivity index (χ0) is 25.8. The molecule has 1 fully saturated rings. The Hall–Kier alpha value is -2.72. The molecule has 1 N–H and O–H groups in total. The van der Waals surface area contributed by atoms with Crippen molar-refractivity contribution in [2.75, 3.05) is 26.0 Å². The first-order valence-corrected chi connectivity index (χ1v) is 12.8. The van der Waals surface area contributed by atoms with Crippen LogP contribution < -0.4 is 5.32 Å². The molecule has 2 atom stereocenters. The molecule has 35 heavy (non-hydrogen) atoms. The number of carbonyl (C=O) groups excluding carboxylic acids is 2. The summed E-state index contributed by atoms with van der Waals surface area (Å²) in [6, 6.07) is 5.41. The molecule has 0 bridgehead atoms. The lowest BCUT2D eigenvalue weighted by Gasteiger charge is -2.41. The van der Waals surface area contributed by atoms with E-state index < -0.39 is 11.7 Å². The van der Waals surface area contributed by atoms with Gasteiger partial charge in [-0.3, -0.25) is 9.59 Å². The summed E-state index contributed by atoms with van der Waals surface area (Å²) in [7, 11) is 4.02. The highest BCUT2D eigenvalue weighted by Crippen LogP contribution is 2.40. The van der Waals surface area contributed by atoms with Gasteiger partial charge in [0.25, 0.3) is 0 Å². The molecule has 7 nitrogen and oxygen atoms in total. The monoisotopic (exact) mass is 479 g/mol. The number of aryl methyl sites for hydroxylation is 2. The molecular formula is C28H41N5O2. The number of anilines is 1. The van der Waals surface area contributed by atoms with Gasteiger partial charge in [0.05, 0.1) is 0 Å². The quantitative estimate of drug-likeness (QED) is 0.413. The van der Waals surface area contributed by atoms with Crippen LogP contribution in [-0.2, 0) is 9.59 Å². The SMILES string of the molecule is C#CCCC1(CCC(=O)N(C(CN(C)C)C(C)C)C(C(=O)Nc2c(C)cccc2C)C2CC2)N=N1. The Labute approximate surface area is 210 Å². The van der Waals surface area contributed by atoms with Gasteiger partial charge < -0.3 is 15.1 Å². The summed E-state index contributed by atoms with van der Waals surface area (Å²) in [6.07, 6.45) is 9.43. The van der Waals surface area contributed by atoms with Gasteiger partial charge in [0.2, 0.25) is 11.8 Å². The van der Waals surface area contributed by atoms with Crippen LogP contribution in [0, 0.1) is 38.0 Å². The molecular weight excluding hydrogens is 438 g/mol. The number of nitrogens with zero attached hydrogens (tertiary/aromatic N) is 4. The van der Waals surface area contributed by atoms with Crippen LogP contribution in [0.25, 0.3) is 0 Å². The number of benzene rings is 1. The molecule has 1 aromatic carbocycles. The van der Waals surface area contributed by atoms with Crippen molar-refractivity contribution in [1.29, 1.82) is 0 Å². The first kappa shape index (κ1) is 26.9. The molecule has 1 aliphatic heterocycles. The lowest BCUT2D eigenvalue weighted by molar-refractivity contribution is -0.144. The third kappa shape index (κ3) is 6.91. The number of carbonyl (C=O) groups is 2. The van der Waals surface area contributed by atoms with Crippen LogP contribution >= 0.6 is 0 Å². The molecule has 1 saturated carbocycles. The Morgan fingerprint density at radius 2 is 1.80 bits per heavy atom. The highest BCUT2D eigenvalue weighted by atomic mass is 16.2. The van der Waals surface area contributed by atoms with E-state index in [2.05, 4.69) is 40.2 Å². The predicted molar refractivity (Wildman–Crippen MR) is 140 cm³/mol. The minimum absolute atomic E-state index is 0.00325. The van der Waals surface area contributed by atoms with Crippen molar-refractivity contribution >= 4 is 17.5 Å². The Morgan fingerprint density at radius 1 is 1.17 bits per heavy atom. The lowest BCUT2D eigenvalue weighted by atomic mass is 9.95. The Kier molecular flexibility index (Phi) is 8.71. The number of terminal acetylenes is 1. The summed E-state index contributed by atoms with van der Waals surface area (Å²) in [5.41, 5.74) is 2.37. The number of hydrogen-bond acceptors (Lipinski definition) is 5. The van der Waals surface area contributed by atoms with E-state index in [-0.39, 0.29) is 29.7 Å². The largest absolute Gasteiger partial charge is 0.326 e. The first-order valence-electron chi connectivity index (χ1n) is 12.8. The van der Waals surface area contributed by atoms with Crippen LogP contribution in [0.15, 0.2) is 28.4 Å². The molecule has 2 unspecified atom stereocenters. The highest BCUT2D eigenvalue weighted by Gasteiger charge is 2.47. The van der Waals surface area contributed by atoms with Gasteiger partial charge in [-0.1, -0.05) is 32.0 Å². The summed E-state index contributed by atoms with van der Waals surface area (Å²) >= 11 is 0. The summed E-state index contributed by atoms with van der Waals surface area (Å²) in [6.45, 7) is 8.95. The topological polar surface area (TPSA) is 77.4 Å². The van der Waals surface area contributed by atoms with Gasteiger partial charge in [-0.05, 0) is 63.7 Å². The summed E-state index contributed by atoms with van der Waals surface area (Å²) in [4.78, 5) is 31.7. The van der Waals surface area contributed by atoms with Crippen LogP contribution in [0.4, 0.5) is 5.69 Å². The second-order valence-electron chi connectivity index (χ2n) is 10.8. The Bertz CT molecular complexity index is 963. The number of nitrogens with one attached hydrogen (secondary N) is 1. The van der Waals surface area contributed by atoms with Crippen LogP contribution in [-0.4, -0.2) is 60.0 Å². The van der Waals surface area contributed by atoms with Gasteiger partial charge in [-0.25, -0.2) is 0 Å². The van der Waals surface area contributed by atoms with Crippen LogP contribution in [0.5, 0.6) is 0 Å². The zero-order valence-electron chi connectivity index (χ0n) is 22.2. The number of amides is 2.